The van der Waals surface area contributed by atoms with Crippen molar-refractivity contribution in [1.29, 1.82) is 0 Å². The van der Waals surface area contributed by atoms with Crippen LogP contribution >= 0.6 is 0 Å². The number of rotatable bonds is 5. The minimum absolute atomic E-state index is 0.135. The zero-order chi connectivity index (χ0) is 17.2. The summed E-state index contributed by atoms with van der Waals surface area (Å²) in [6, 6.07) is 8.86. The highest BCUT2D eigenvalue weighted by molar-refractivity contribution is 7.89. The van der Waals surface area contributed by atoms with Crippen LogP contribution in [0.1, 0.15) is 37.1 Å². The van der Waals surface area contributed by atoms with E-state index in [0.29, 0.717) is 0 Å². The maximum absolute atomic E-state index is 12.4. The smallest absolute Gasteiger partial charge is 0.241 e. The Hall–Kier alpha value is -2.12. The van der Waals surface area contributed by atoms with Gasteiger partial charge in [0, 0.05) is 12.0 Å². The fourth-order valence-electron chi connectivity index (χ4n) is 2.89. The van der Waals surface area contributed by atoms with Crippen LogP contribution in [0.5, 0.6) is 0 Å². The summed E-state index contributed by atoms with van der Waals surface area (Å²) in [5, 5.41) is 2.91. The molecule has 6 nitrogen and oxygen atoms in total. The SMILES string of the molecule is C[C@H](NS(=O)(=O)c1ccccc1)C(=O)N[C@@H]1CCCc2occc21. The van der Waals surface area contributed by atoms with E-state index in [-0.39, 0.29) is 16.8 Å². The Morgan fingerprint density at radius 1 is 1.25 bits per heavy atom. The van der Waals surface area contributed by atoms with E-state index < -0.39 is 16.1 Å². The van der Waals surface area contributed by atoms with Gasteiger partial charge in [-0.3, -0.25) is 4.79 Å². The highest BCUT2D eigenvalue weighted by Crippen LogP contribution is 2.30. The lowest BCUT2D eigenvalue weighted by molar-refractivity contribution is -0.123. The summed E-state index contributed by atoms with van der Waals surface area (Å²) in [7, 11) is -3.72. The van der Waals surface area contributed by atoms with Crippen molar-refractivity contribution in [3.8, 4) is 0 Å². The molecule has 0 spiro atoms. The Morgan fingerprint density at radius 3 is 2.75 bits per heavy atom. The van der Waals surface area contributed by atoms with Gasteiger partial charge in [0.05, 0.1) is 23.2 Å². The predicted octanol–water partition coefficient (Wildman–Crippen LogP) is 2.14. The second-order valence-corrected chi connectivity index (χ2v) is 7.62. The summed E-state index contributed by atoms with van der Waals surface area (Å²) in [6.45, 7) is 1.54. The third kappa shape index (κ3) is 3.52. The molecule has 0 saturated heterocycles. The standard InChI is InChI=1S/C17H20N2O4S/c1-12(19-24(21,22)13-6-3-2-4-7-13)17(20)18-15-8-5-9-16-14(15)10-11-23-16/h2-4,6-7,10-12,15,19H,5,8-9H2,1H3,(H,18,20)/t12-,15+/m0/s1. The third-order valence-corrected chi connectivity index (χ3v) is 5.70. The molecule has 0 aliphatic heterocycles. The highest BCUT2D eigenvalue weighted by atomic mass is 32.2. The summed E-state index contributed by atoms with van der Waals surface area (Å²) in [5.74, 6) is 0.539. The van der Waals surface area contributed by atoms with Crippen LogP contribution in [0.4, 0.5) is 0 Å². The molecule has 1 aromatic carbocycles. The van der Waals surface area contributed by atoms with E-state index in [1.807, 2.05) is 6.07 Å². The zero-order valence-corrected chi connectivity index (χ0v) is 14.2. The number of carbonyl (C=O) groups excluding carboxylic acids is 1. The number of fused-ring (bicyclic) bond motifs is 1. The summed E-state index contributed by atoms with van der Waals surface area (Å²) < 4.78 is 32.4. The van der Waals surface area contributed by atoms with Crippen molar-refractivity contribution >= 4 is 15.9 Å². The van der Waals surface area contributed by atoms with Gasteiger partial charge in [-0.1, -0.05) is 18.2 Å². The molecule has 0 fully saturated rings. The summed E-state index contributed by atoms with van der Waals surface area (Å²) in [5.41, 5.74) is 0.979. The second-order valence-electron chi connectivity index (χ2n) is 5.91. The molecule has 2 N–H and O–H groups in total. The van der Waals surface area contributed by atoms with Gasteiger partial charge >= 0.3 is 0 Å². The van der Waals surface area contributed by atoms with Crippen molar-refractivity contribution in [2.75, 3.05) is 0 Å². The average Bonchev–Trinajstić information content (AvgIpc) is 3.05. The number of hydrogen-bond acceptors (Lipinski definition) is 4. The van der Waals surface area contributed by atoms with E-state index in [1.54, 1.807) is 24.5 Å². The lowest BCUT2D eigenvalue weighted by Crippen LogP contribution is -2.46. The number of furan rings is 1. The van der Waals surface area contributed by atoms with Gasteiger partial charge in [-0.2, -0.15) is 4.72 Å². The molecule has 0 bridgehead atoms. The van der Waals surface area contributed by atoms with Crippen molar-refractivity contribution < 1.29 is 17.6 Å². The molecule has 1 aliphatic carbocycles. The topological polar surface area (TPSA) is 88.4 Å². The van der Waals surface area contributed by atoms with Crippen molar-refractivity contribution in [2.45, 2.75) is 43.2 Å². The molecule has 128 valence electrons. The number of carbonyl (C=O) groups is 1. The minimum atomic E-state index is -3.72. The number of amides is 1. The number of aryl methyl sites for hydroxylation is 1. The minimum Gasteiger partial charge on any atom is -0.469 e. The lowest BCUT2D eigenvalue weighted by atomic mass is 9.93. The summed E-state index contributed by atoms with van der Waals surface area (Å²) in [4.78, 5) is 12.5. The molecule has 1 aromatic heterocycles. The first-order valence-corrected chi connectivity index (χ1v) is 9.40. The van der Waals surface area contributed by atoms with Crippen LogP contribution in [-0.2, 0) is 21.2 Å². The number of nitrogens with one attached hydrogen (secondary N) is 2. The van der Waals surface area contributed by atoms with E-state index >= 15 is 0 Å². The quantitative estimate of drug-likeness (QED) is 0.866. The van der Waals surface area contributed by atoms with Crippen molar-refractivity contribution in [3.05, 3.63) is 54.0 Å². The first-order chi connectivity index (χ1) is 11.5. The van der Waals surface area contributed by atoms with Crippen LogP contribution in [0, 0.1) is 0 Å². The van der Waals surface area contributed by atoms with Gasteiger partial charge in [0.25, 0.3) is 0 Å². The molecule has 2 aromatic rings. The van der Waals surface area contributed by atoms with E-state index in [0.717, 1.165) is 30.6 Å². The third-order valence-electron chi connectivity index (χ3n) is 4.15. The zero-order valence-electron chi connectivity index (χ0n) is 13.4. The van der Waals surface area contributed by atoms with Crippen LogP contribution < -0.4 is 10.0 Å². The van der Waals surface area contributed by atoms with Crippen molar-refractivity contribution in [3.63, 3.8) is 0 Å². The molecule has 3 rings (SSSR count). The molecule has 1 heterocycles. The fourth-order valence-corrected chi connectivity index (χ4v) is 4.11. The Labute approximate surface area is 141 Å². The number of sulfonamides is 1. The van der Waals surface area contributed by atoms with Gasteiger partial charge in [-0.15, -0.1) is 0 Å². The van der Waals surface area contributed by atoms with Gasteiger partial charge < -0.3 is 9.73 Å². The van der Waals surface area contributed by atoms with Crippen LogP contribution in [0.3, 0.4) is 0 Å². The van der Waals surface area contributed by atoms with Crippen LogP contribution in [-0.4, -0.2) is 20.4 Å². The molecular formula is C17H20N2O4S. The van der Waals surface area contributed by atoms with Gasteiger partial charge in [0.15, 0.2) is 0 Å². The van der Waals surface area contributed by atoms with Gasteiger partial charge in [-0.25, -0.2) is 8.42 Å². The average molecular weight is 348 g/mol. The van der Waals surface area contributed by atoms with E-state index in [4.69, 9.17) is 4.42 Å². The Kier molecular flexibility index (Phi) is 4.73. The molecule has 0 saturated carbocycles. The number of hydrogen-bond donors (Lipinski definition) is 2. The van der Waals surface area contributed by atoms with Gasteiger partial charge in [0.1, 0.15) is 5.76 Å². The maximum atomic E-state index is 12.4. The highest BCUT2D eigenvalue weighted by Gasteiger charge is 2.27. The van der Waals surface area contributed by atoms with Crippen LogP contribution in [0.25, 0.3) is 0 Å². The first-order valence-electron chi connectivity index (χ1n) is 7.91. The van der Waals surface area contributed by atoms with E-state index in [9.17, 15) is 13.2 Å². The molecule has 0 radical (unpaired) electrons. The number of benzene rings is 1. The molecule has 24 heavy (non-hydrogen) atoms. The lowest BCUT2D eigenvalue weighted by Gasteiger charge is -2.24. The molecule has 1 amide bonds. The summed E-state index contributed by atoms with van der Waals surface area (Å²) in [6.07, 6.45) is 4.23. The Morgan fingerprint density at radius 2 is 2.00 bits per heavy atom. The molecular weight excluding hydrogens is 328 g/mol. The molecule has 7 heteroatoms. The normalized spacial score (nSPS) is 18.6. The van der Waals surface area contributed by atoms with Crippen LogP contribution in [0.15, 0.2) is 52.0 Å². The van der Waals surface area contributed by atoms with E-state index in [1.165, 1.54) is 19.1 Å². The van der Waals surface area contributed by atoms with Gasteiger partial charge in [-0.05, 0) is 38.0 Å². The Bertz CT molecular complexity index is 814. The van der Waals surface area contributed by atoms with Crippen molar-refractivity contribution in [1.82, 2.24) is 10.0 Å². The Balaban J connectivity index is 1.66. The fraction of sp³-hybridized carbons (Fsp3) is 0.353. The monoisotopic (exact) mass is 348 g/mol. The maximum Gasteiger partial charge on any atom is 0.241 e. The van der Waals surface area contributed by atoms with E-state index in [2.05, 4.69) is 10.0 Å². The predicted molar refractivity (Wildman–Crippen MR) is 88.8 cm³/mol. The summed E-state index contributed by atoms with van der Waals surface area (Å²) >= 11 is 0. The van der Waals surface area contributed by atoms with Crippen molar-refractivity contribution in [2.24, 2.45) is 0 Å². The van der Waals surface area contributed by atoms with Gasteiger partial charge in [0.2, 0.25) is 15.9 Å². The molecule has 1 aliphatic rings. The molecule has 0 unspecified atom stereocenters. The largest absolute Gasteiger partial charge is 0.469 e. The second kappa shape index (κ2) is 6.78. The molecule has 2 atom stereocenters. The van der Waals surface area contributed by atoms with Crippen LogP contribution in [0.2, 0.25) is 0 Å². The first kappa shape index (κ1) is 16.7.